The summed E-state index contributed by atoms with van der Waals surface area (Å²) in [5, 5.41) is 3.73. The lowest BCUT2D eigenvalue weighted by Crippen LogP contribution is -1.96. The molecule has 16 heavy (non-hydrogen) atoms. The number of aromatic nitrogens is 1. The van der Waals surface area contributed by atoms with Gasteiger partial charge in [-0.1, -0.05) is 11.6 Å². The molecule has 0 fully saturated rings. The van der Waals surface area contributed by atoms with Gasteiger partial charge in [0.2, 0.25) is 0 Å². The molecule has 0 amide bonds. The van der Waals surface area contributed by atoms with Crippen LogP contribution in [0.15, 0.2) is 28.1 Å². The number of hydrogen-bond donors (Lipinski definition) is 0. The highest BCUT2D eigenvalue weighted by molar-refractivity contribution is 9.10. The Morgan fingerprint density at radius 1 is 1.50 bits per heavy atom. The zero-order valence-electron chi connectivity index (χ0n) is 8.54. The van der Waals surface area contributed by atoms with Gasteiger partial charge in [0.25, 0.3) is 0 Å². The molecule has 2 aromatic rings. The van der Waals surface area contributed by atoms with Crippen LogP contribution in [0.5, 0.6) is 5.75 Å². The maximum atomic E-state index is 5.84. The Kier molecular flexibility index (Phi) is 3.84. The van der Waals surface area contributed by atoms with Crippen LogP contribution in [0, 0.1) is 6.92 Å². The highest BCUT2D eigenvalue weighted by Gasteiger charge is 2.04. The van der Waals surface area contributed by atoms with Crippen LogP contribution in [-0.4, -0.2) is 4.98 Å². The van der Waals surface area contributed by atoms with Gasteiger partial charge < -0.3 is 4.74 Å². The van der Waals surface area contributed by atoms with Crippen molar-refractivity contribution in [2.45, 2.75) is 13.5 Å². The zero-order chi connectivity index (χ0) is 11.5. The Morgan fingerprint density at radius 2 is 2.31 bits per heavy atom. The number of halogens is 2. The van der Waals surface area contributed by atoms with Gasteiger partial charge in [-0.15, -0.1) is 11.3 Å². The van der Waals surface area contributed by atoms with E-state index in [-0.39, 0.29) is 0 Å². The first kappa shape index (κ1) is 11.9. The second-order valence-electron chi connectivity index (χ2n) is 3.22. The summed E-state index contributed by atoms with van der Waals surface area (Å²) in [4.78, 5) is 4.33. The lowest BCUT2D eigenvalue weighted by atomic mass is 10.3. The summed E-state index contributed by atoms with van der Waals surface area (Å²) in [5.74, 6) is 0.773. The molecular weight excluding hydrogens is 310 g/mol. The fourth-order valence-electron chi connectivity index (χ4n) is 1.22. The number of benzene rings is 1. The largest absolute Gasteiger partial charge is 0.486 e. The van der Waals surface area contributed by atoms with Gasteiger partial charge in [-0.2, -0.15) is 0 Å². The highest BCUT2D eigenvalue weighted by atomic mass is 79.9. The summed E-state index contributed by atoms with van der Waals surface area (Å²) in [5.41, 5.74) is 0.948. The van der Waals surface area contributed by atoms with Crippen LogP contribution in [0.25, 0.3) is 0 Å². The molecule has 0 saturated heterocycles. The second-order valence-corrected chi connectivity index (χ2v) is 5.57. The van der Waals surface area contributed by atoms with Crippen LogP contribution in [0.2, 0.25) is 5.02 Å². The zero-order valence-corrected chi connectivity index (χ0v) is 11.7. The van der Waals surface area contributed by atoms with Crippen molar-refractivity contribution in [3.8, 4) is 5.75 Å². The molecule has 0 saturated carbocycles. The van der Waals surface area contributed by atoms with Crippen LogP contribution >= 0.6 is 38.9 Å². The molecular formula is C11H9BrClNOS. The van der Waals surface area contributed by atoms with Gasteiger partial charge in [0.15, 0.2) is 0 Å². The maximum Gasteiger partial charge on any atom is 0.134 e. The third-order valence-electron chi connectivity index (χ3n) is 1.94. The number of aryl methyl sites for hydroxylation is 1. The molecule has 0 aliphatic rings. The molecule has 5 heteroatoms. The predicted octanol–water partition coefficient (Wildman–Crippen LogP) is 4.45. The van der Waals surface area contributed by atoms with E-state index in [0.29, 0.717) is 11.6 Å². The number of thiazole rings is 1. The maximum absolute atomic E-state index is 5.84. The number of ether oxygens (including phenoxy) is 1. The van der Waals surface area contributed by atoms with Crippen LogP contribution in [-0.2, 0) is 6.61 Å². The van der Waals surface area contributed by atoms with E-state index in [0.717, 1.165) is 20.9 Å². The summed E-state index contributed by atoms with van der Waals surface area (Å²) < 4.78 is 6.48. The van der Waals surface area contributed by atoms with E-state index < -0.39 is 0 Å². The Hall–Kier alpha value is -0.580. The number of hydrogen-bond acceptors (Lipinski definition) is 3. The van der Waals surface area contributed by atoms with Crippen molar-refractivity contribution in [3.05, 3.63) is 43.8 Å². The van der Waals surface area contributed by atoms with Crippen LogP contribution in [0.4, 0.5) is 0 Å². The molecule has 0 atom stereocenters. The monoisotopic (exact) mass is 317 g/mol. The van der Waals surface area contributed by atoms with E-state index in [2.05, 4.69) is 20.9 Å². The van der Waals surface area contributed by atoms with E-state index >= 15 is 0 Å². The SMILES string of the molecule is Cc1nc(COc2ccc(Cl)cc2Br)cs1. The van der Waals surface area contributed by atoms with Gasteiger partial charge in [-0.25, -0.2) is 4.98 Å². The smallest absolute Gasteiger partial charge is 0.134 e. The molecule has 0 aliphatic carbocycles. The van der Waals surface area contributed by atoms with E-state index in [1.54, 1.807) is 17.4 Å². The topological polar surface area (TPSA) is 22.1 Å². The summed E-state index contributed by atoms with van der Waals surface area (Å²) in [6.45, 7) is 2.46. The summed E-state index contributed by atoms with van der Waals surface area (Å²) in [6, 6.07) is 5.45. The molecule has 0 aliphatic heterocycles. The van der Waals surface area contributed by atoms with E-state index in [9.17, 15) is 0 Å². The summed E-state index contributed by atoms with van der Waals surface area (Å²) >= 11 is 10.9. The van der Waals surface area contributed by atoms with Crippen molar-refractivity contribution in [2.24, 2.45) is 0 Å². The number of nitrogens with zero attached hydrogens (tertiary/aromatic N) is 1. The molecule has 2 nitrogen and oxygen atoms in total. The minimum Gasteiger partial charge on any atom is -0.486 e. The molecule has 0 N–H and O–H groups in total. The Labute approximate surface area is 111 Å². The minimum atomic E-state index is 0.477. The second kappa shape index (κ2) is 5.17. The van der Waals surface area contributed by atoms with Crippen molar-refractivity contribution in [3.63, 3.8) is 0 Å². The third-order valence-corrected chi connectivity index (χ3v) is 3.61. The fraction of sp³-hybridized carbons (Fsp3) is 0.182. The van der Waals surface area contributed by atoms with Gasteiger partial charge in [0, 0.05) is 10.4 Å². The highest BCUT2D eigenvalue weighted by Crippen LogP contribution is 2.28. The van der Waals surface area contributed by atoms with Crippen molar-refractivity contribution in [2.75, 3.05) is 0 Å². The molecule has 1 aromatic carbocycles. The average molecular weight is 319 g/mol. The van der Waals surface area contributed by atoms with E-state index in [1.807, 2.05) is 24.4 Å². The van der Waals surface area contributed by atoms with Gasteiger partial charge in [0.1, 0.15) is 12.4 Å². The molecule has 0 unspecified atom stereocenters. The molecule has 1 aromatic heterocycles. The molecule has 0 radical (unpaired) electrons. The first-order valence-corrected chi connectivity index (χ1v) is 6.69. The Bertz CT molecular complexity index is 500. The van der Waals surface area contributed by atoms with Crippen molar-refractivity contribution in [1.29, 1.82) is 0 Å². The van der Waals surface area contributed by atoms with Crippen LogP contribution < -0.4 is 4.74 Å². The van der Waals surface area contributed by atoms with Gasteiger partial charge in [-0.05, 0) is 41.1 Å². The normalized spacial score (nSPS) is 10.4. The van der Waals surface area contributed by atoms with E-state index in [1.165, 1.54) is 0 Å². The summed E-state index contributed by atoms with van der Waals surface area (Å²) in [6.07, 6.45) is 0. The molecule has 2 rings (SSSR count). The van der Waals surface area contributed by atoms with Crippen LogP contribution in [0.3, 0.4) is 0 Å². The fourth-order valence-corrected chi connectivity index (χ4v) is 2.61. The lowest BCUT2D eigenvalue weighted by Gasteiger charge is -2.06. The van der Waals surface area contributed by atoms with E-state index in [4.69, 9.17) is 16.3 Å². The number of rotatable bonds is 3. The van der Waals surface area contributed by atoms with Gasteiger partial charge in [-0.3, -0.25) is 0 Å². The third kappa shape index (κ3) is 2.97. The molecule has 0 spiro atoms. The Balaban J connectivity index is 2.04. The predicted molar refractivity (Wildman–Crippen MR) is 70.3 cm³/mol. The first-order valence-electron chi connectivity index (χ1n) is 4.64. The van der Waals surface area contributed by atoms with Gasteiger partial charge >= 0.3 is 0 Å². The van der Waals surface area contributed by atoms with Crippen molar-refractivity contribution < 1.29 is 4.74 Å². The lowest BCUT2D eigenvalue weighted by molar-refractivity contribution is 0.300. The molecule has 0 bridgehead atoms. The Morgan fingerprint density at radius 3 is 2.94 bits per heavy atom. The molecule has 1 heterocycles. The quantitative estimate of drug-likeness (QED) is 0.834. The minimum absolute atomic E-state index is 0.477. The average Bonchev–Trinajstić information content (AvgIpc) is 2.63. The standard InChI is InChI=1S/C11H9BrClNOS/c1-7-14-9(6-16-7)5-15-11-3-2-8(13)4-10(11)12/h2-4,6H,5H2,1H3. The first-order chi connectivity index (χ1) is 7.65. The molecule has 84 valence electrons. The van der Waals surface area contributed by atoms with Crippen molar-refractivity contribution in [1.82, 2.24) is 4.98 Å². The summed E-state index contributed by atoms with van der Waals surface area (Å²) in [7, 11) is 0. The van der Waals surface area contributed by atoms with Gasteiger partial charge in [0.05, 0.1) is 15.2 Å². The van der Waals surface area contributed by atoms with Crippen LogP contribution in [0.1, 0.15) is 10.7 Å². The van der Waals surface area contributed by atoms with Crippen molar-refractivity contribution >= 4 is 38.9 Å².